The Morgan fingerprint density at radius 3 is 2.62 bits per heavy atom. The molecule has 2 aromatic carbocycles. The second-order valence-corrected chi connectivity index (χ2v) is 6.41. The van der Waals surface area contributed by atoms with E-state index in [-0.39, 0.29) is 0 Å². The first-order valence-electron chi connectivity index (χ1n) is 7.59. The maximum atomic E-state index is 3.64. The Hall–Kier alpha value is -1.64. The molecule has 0 radical (unpaired) electrons. The Bertz CT molecular complexity index is 682. The van der Waals surface area contributed by atoms with Crippen LogP contribution in [0.5, 0.6) is 0 Å². The summed E-state index contributed by atoms with van der Waals surface area (Å²) in [7, 11) is 0. The van der Waals surface area contributed by atoms with Crippen LogP contribution in [0, 0.1) is 0 Å². The highest BCUT2D eigenvalue weighted by Crippen LogP contribution is 2.21. The van der Waals surface area contributed by atoms with Crippen molar-refractivity contribution in [3.63, 3.8) is 0 Å². The van der Waals surface area contributed by atoms with Crippen molar-refractivity contribution < 1.29 is 0 Å². The number of hydrogen-bond donors (Lipinski definition) is 1. The molecule has 0 amide bonds. The lowest BCUT2D eigenvalue weighted by atomic mass is 9.97. The molecule has 0 spiro atoms. The molecule has 0 saturated carbocycles. The van der Waals surface area contributed by atoms with Crippen LogP contribution in [0.1, 0.15) is 17.4 Å². The third-order valence-corrected chi connectivity index (χ3v) is 4.77. The number of hydrogen-bond acceptors (Lipinski definition) is 2. The fraction of sp³-hybridized carbons (Fsp3) is 0.263. The van der Waals surface area contributed by atoms with Crippen LogP contribution in [0.2, 0.25) is 0 Å². The molecule has 0 aliphatic rings. The summed E-state index contributed by atoms with van der Waals surface area (Å²) in [6.07, 6.45) is 2.18. The highest BCUT2D eigenvalue weighted by molar-refractivity contribution is 7.09. The van der Waals surface area contributed by atoms with Gasteiger partial charge in [0.15, 0.2) is 0 Å². The van der Waals surface area contributed by atoms with Crippen LogP contribution in [0.25, 0.3) is 10.8 Å². The van der Waals surface area contributed by atoms with Gasteiger partial charge in [-0.05, 0) is 47.2 Å². The summed E-state index contributed by atoms with van der Waals surface area (Å²) >= 11 is 1.85. The first-order valence-corrected chi connectivity index (χ1v) is 8.47. The van der Waals surface area contributed by atoms with Crippen LogP contribution in [0.4, 0.5) is 0 Å². The first kappa shape index (κ1) is 14.3. The van der Waals surface area contributed by atoms with E-state index in [0.717, 1.165) is 19.4 Å². The normalized spacial score (nSPS) is 12.6. The van der Waals surface area contributed by atoms with E-state index in [1.165, 1.54) is 21.2 Å². The Balaban J connectivity index is 1.83. The van der Waals surface area contributed by atoms with Gasteiger partial charge in [0, 0.05) is 10.9 Å². The van der Waals surface area contributed by atoms with Crippen molar-refractivity contribution in [1.29, 1.82) is 0 Å². The van der Waals surface area contributed by atoms with Gasteiger partial charge in [0.1, 0.15) is 0 Å². The van der Waals surface area contributed by atoms with Crippen molar-refractivity contribution >= 4 is 22.1 Å². The zero-order chi connectivity index (χ0) is 14.5. The molecule has 0 aliphatic carbocycles. The molecule has 0 aliphatic heterocycles. The molecule has 2 heteroatoms. The van der Waals surface area contributed by atoms with Crippen LogP contribution < -0.4 is 5.32 Å². The molecule has 1 heterocycles. The minimum atomic E-state index is 0.499. The molecule has 0 fully saturated rings. The van der Waals surface area contributed by atoms with Crippen LogP contribution in [0.15, 0.2) is 60.0 Å². The van der Waals surface area contributed by atoms with Crippen molar-refractivity contribution in [3.8, 4) is 0 Å². The standard InChI is InChI=1S/C19H21NS/c1-2-20-17(14-18-10-6-12-21-18)13-16-9-5-8-15-7-3-4-11-19(15)16/h3-12,17,20H,2,13-14H2,1H3. The Morgan fingerprint density at radius 1 is 0.952 bits per heavy atom. The summed E-state index contributed by atoms with van der Waals surface area (Å²) in [6, 6.07) is 20.2. The minimum Gasteiger partial charge on any atom is -0.314 e. The summed E-state index contributed by atoms with van der Waals surface area (Å²) in [5.41, 5.74) is 1.44. The van der Waals surface area contributed by atoms with Gasteiger partial charge in [0.2, 0.25) is 0 Å². The van der Waals surface area contributed by atoms with E-state index in [9.17, 15) is 0 Å². The Kier molecular flexibility index (Phi) is 4.69. The topological polar surface area (TPSA) is 12.0 Å². The summed E-state index contributed by atoms with van der Waals surface area (Å²) < 4.78 is 0. The number of nitrogens with one attached hydrogen (secondary N) is 1. The summed E-state index contributed by atoms with van der Waals surface area (Å²) in [6.45, 7) is 3.20. The van der Waals surface area contributed by atoms with Crippen LogP contribution >= 0.6 is 11.3 Å². The zero-order valence-electron chi connectivity index (χ0n) is 12.4. The molecule has 1 aromatic heterocycles. The fourth-order valence-electron chi connectivity index (χ4n) is 2.91. The molecule has 1 unspecified atom stereocenters. The predicted molar refractivity (Wildman–Crippen MR) is 93.1 cm³/mol. The van der Waals surface area contributed by atoms with E-state index < -0.39 is 0 Å². The first-order chi connectivity index (χ1) is 10.4. The van der Waals surface area contributed by atoms with Crippen LogP contribution in [0.3, 0.4) is 0 Å². The minimum absolute atomic E-state index is 0.499. The Morgan fingerprint density at radius 2 is 1.81 bits per heavy atom. The van der Waals surface area contributed by atoms with Gasteiger partial charge in [-0.25, -0.2) is 0 Å². The highest BCUT2D eigenvalue weighted by atomic mass is 32.1. The molecule has 3 rings (SSSR count). The Labute approximate surface area is 130 Å². The van der Waals surface area contributed by atoms with Gasteiger partial charge >= 0.3 is 0 Å². The number of thiophene rings is 1. The molecule has 1 N–H and O–H groups in total. The van der Waals surface area contributed by atoms with Gasteiger partial charge in [-0.15, -0.1) is 11.3 Å². The van der Waals surface area contributed by atoms with E-state index in [2.05, 4.69) is 72.2 Å². The van der Waals surface area contributed by atoms with Gasteiger partial charge in [0.25, 0.3) is 0 Å². The number of rotatable bonds is 6. The molecule has 3 aromatic rings. The average molecular weight is 295 g/mol. The second-order valence-electron chi connectivity index (χ2n) is 5.38. The number of likely N-dealkylation sites (N-methyl/N-ethyl adjacent to an activating group) is 1. The van der Waals surface area contributed by atoms with E-state index in [4.69, 9.17) is 0 Å². The molecule has 0 saturated heterocycles. The van der Waals surface area contributed by atoms with Crippen molar-refractivity contribution in [2.75, 3.05) is 6.54 Å². The zero-order valence-corrected chi connectivity index (χ0v) is 13.2. The summed E-state index contributed by atoms with van der Waals surface area (Å²) in [5.74, 6) is 0. The smallest absolute Gasteiger partial charge is 0.0156 e. The summed E-state index contributed by atoms with van der Waals surface area (Å²) in [5, 5.41) is 8.52. The van der Waals surface area contributed by atoms with E-state index in [1.54, 1.807) is 0 Å². The van der Waals surface area contributed by atoms with Gasteiger partial charge in [-0.1, -0.05) is 55.5 Å². The van der Waals surface area contributed by atoms with Crippen LogP contribution in [-0.4, -0.2) is 12.6 Å². The van der Waals surface area contributed by atoms with Crippen molar-refractivity contribution in [3.05, 3.63) is 70.4 Å². The van der Waals surface area contributed by atoms with E-state index in [1.807, 2.05) is 11.3 Å². The fourth-order valence-corrected chi connectivity index (χ4v) is 3.70. The molecular formula is C19H21NS. The maximum Gasteiger partial charge on any atom is 0.0156 e. The van der Waals surface area contributed by atoms with Crippen molar-refractivity contribution in [1.82, 2.24) is 5.32 Å². The molecule has 21 heavy (non-hydrogen) atoms. The third kappa shape index (κ3) is 3.52. The number of fused-ring (bicyclic) bond motifs is 1. The lowest BCUT2D eigenvalue weighted by Gasteiger charge is -2.18. The van der Waals surface area contributed by atoms with Crippen LogP contribution in [-0.2, 0) is 12.8 Å². The quantitative estimate of drug-likeness (QED) is 0.697. The molecular weight excluding hydrogens is 274 g/mol. The van der Waals surface area contributed by atoms with E-state index >= 15 is 0 Å². The van der Waals surface area contributed by atoms with Crippen molar-refractivity contribution in [2.24, 2.45) is 0 Å². The van der Waals surface area contributed by atoms with Gasteiger partial charge in [0.05, 0.1) is 0 Å². The summed E-state index contributed by atoms with van der Waals surface area (Å²) in [4.78, 5) is 1.46. The maximum absolute atomic E-state index is 3.64. The van der Waals surface area contributed by atoms with Gasteiger partial charge in [-0.2, -0.15) is 0 Å². The molecule has 108 valence electrons. The van der Waals surface area contributed by atoms with E-state index in [0.29, 0.717) is 6.04 Å². The lowest BCUT2D eigenvalue weighted by molar-refractivity contribution is 0.526. The third-order valence-electron chi connectivity index (χ3n) is 3.87. The average Bonchev–Trinajstić information content (AvgIpc) is 3.01. The number of benzene rings is 2. The largest absolute Gasteiger partial charge is 0.314 e. The van der Waals surface area contributed by atoms with Gasteiger partial charge in [-0.3, -0.25) is 0 Å². The lowest BCUT2D eigenvalue weighted by Crippen LogP contribution is -2.32. The second kappa shape index (κ2) is 6.88. The highest BCUT2D eigenvalue weighted by Gasteiger charge is 2.11. The monoisotopic (exact) mass is 295 g/mol. The predicted octanol–water partition coefficient (Wildman–Crippen LogP) is 4.66. The SMILES string of the molecule is CCNC(Cc1cccs1)Cc1cccc2ccccc12. The molecule has 1 atom stereocenters. The van der Waals surface area contributed by atoms with Gasteiger partial charge < -0.3 is 5.32 Å². The molecule has 0 bridgehead atoms. The van der Waals surface area contributed by atoms with Crippen molar-refractivity contribution in [2.45, 2.75) is 25.8 Å². The molecule has 1 nitrogen and oxygen atoms in total.